The Morgan fingerprint density at radius 3 is 2.63 bits per heavy atom. The SMILES string of the molecule is COc1cccc(-c2cc3c(O)cncc3n(Cc3ccccc3)c2=O)c1. The number of hydrogen-bond donors (Lipinski definition) is 1. The molecule has 2 aromatic heterocycles. The van der Waals surface area contributed by atoms with E-state index in [1.165, 1.54) is 6.20 Å². The summed E-state index contributed by atoms with van der Waals surface area (Å²) in [5.74, 6) is 0.707. The van der Waals surface area contributed by atoms with E-state index in [-0.39, 0.29) is 11.3 Å². The van der Waals surface area contributed by atoms with Gasteiger partial charge in [-0.05, 0) is 29.3 Å². The Bertz CT molecular complexity index is 1170. The fourth-order valence-electron chi connectivity index (χ4n) is 3.19. The Morgan fingerprint density at radius 2 is 1.85 bits per heavy atom. The fraction of sp³-hybridized carbons (Fsp3) is 0.0909. The molecule has 0 atom stereocenters. The number of benzene rings is 2. The molecule has 4 rings (SSSR count). The van der Waals surface area contributed by atoms with E-state index < -0.39 is 0 Å². The minimum absolute atomic E-state index is 0.0402. The number of aromatic hydroxyl groups is 1. The van der Waals surface area contributed by atoms with Gasteiger partial charge in [-0.25, -0.2) is 0 Å². The molecule has 0 saturated heterocycles. The molecular formula is C22H18N2O3. The van der Waals surface area contributed by atoms with Crippen LogP contribution in [-0.2, 0) is 6.54 Å². The van der Waals surface area contributed by atoms with Gasteiger partial charge in [-0.15, -0.1) is 0 Å². The average molecular weight is 358 g/mol. The molecule has 0 aliphatic heterocycles. The zero-order valence-corrected chi connectivity index (χ0v) is 14.8. The maximum atomic E-state index is 13.3. The van der Waals surface area contributed by atoms with Gasteiger partial charge in [-0.1, -0.05) is 42.5 Å². The second-order valence-electron chi connectivity index (χ2n) is 6.26. The van der Waals surface area contributed by atoms with Crippen molar-refractivity contribution in [1.82, 2.24) is 9.55 Å². The van der Waals surface area contributed by atoms with Gasteiger partial charge < -0.3 is 14.4 Å². The van der Waals surface area contributed by atoms with E-state index in [0.29, 0.717) is 28.8 Å². The first-order valence-electron chi connectivity index (χ1n) is 8.56. The number of fused-ring (bicyclic) bond motifs is 1. The Morgan fingerprint density at radius 1 is 1.04 bits per heavy atom. The molecule has 0 aliphatic rings. The molecule has 2 heterocycles. The summed E-state index contributed by atoms with van der Waals surface area (Å²) in [7, 11) is 1.59. The third-order valence-electron chi connectivity index (χ3n) is 4.56. The van der Waals surface area contributed by atoms with Gasteiger partial charge in [0.05, 0.1) is 31.6 Å². The van der Waals surface area contributed by atoms with Crippen LogP contribution in [0.25, 0.3) is 22.0 Å². The number of aromatic nitrogens is 2. The van der Waals surface area contributed by atoms with Crippen molar-refractivity contribution in [2.45, 2.75) is 6.54 Å². The zero-order chi connectivity index (χ0) is 18.8. The first-order chi connectivity index (χ1) is 13.2. The summed E-state index contributed by atoms with van der Waals surface area (Å²) in [6.07, 6.45) is 2.99. The van der Waals surface area contributed by atoms with Crippen molar-refractivity contribution in [1.29, 1.82) is 0 Å². The molecule has 0 fully saturated rings. The van der Waals surface area contributed by atoms with Gasteiger partial charge in [0.2, 0.25) is 0 Å². The van der Waals surface area contributed by atoms with Crippen molar-refractivity contribution >= 4 is 10.9 Å². The molecule has 2 aromatic carbocycles. The summed E-state index contributed by atoms with van der Waals surface area (Å²) >= 11 is 0. The number of rotatable bonds is 4. The summed E-state index contributed by atoms with van der Waals surface area (Å²) in [6.45, 7) is 0.388. The Labute approximate surface area is 156 Å². The number of hydrogen-bond acceptors (Lipinski definition) is 4. The fourth-order valence-corrected chi connectivity index (χ4v) is 3.19. The second kappa shape index (κ2) is 6.96. The summed E-state index contributed by atoms with van der Waals surface area (Å²) in [6, 6.07) is 18.8. The molecule has 0 spiro atoms. The van der Waals surface area contributed by atoms with Gasteiger partial charge in [-0.2, -0.15) is 0 Å². The number of nitrogens with zero attached hydrogens (tertiary/aromatic N) is 2. The molecule has 5 nitrogen and oxygen atoms in total. The highest BCUT2D eigenvalue weighted by Crippen LogP contribution is 2.28. The van der Waals surface area contributed by atoms with Crippen LogP contribution in [0, 0.1) is 0 Å². The predicted octanol–water partition coefficient (Wildman–Crippen LogP) is 3.83. The largest absolute Gasteiger partial charge is 0.506 e. The van der Waals surface area contributed by atoms with Crippen molar-refractivity contribution in [3.63, 3.8) is 0 Å². The van der Waals surface area contributed by atoms with E-state index >= 15 is 0 Å². The van der Waals surface area contributed by atoms with Crippen molar-refractivity contribution in [3.8, 4) is 22.6 Å². The molecule has 134 valence electrons. The molecule has 0 radical (unpaired) electrons. The van der Waals surface area contributed by atoms with Crippen LogP contribution in [0.15, 0.2) is 77.9 Å². The quantitative estimate of drug-likeness (QED) is 0.602. The molecule has 1 N–H and O–H groups in total. The molecule has 4 aromatic rings. The van der Waals surface area contributed by atoms with E-state index in [9.17, 15) is 9.90 Å². The molecule has 5 heteroatoms. The monoisotopic (exact) mass is 358 g/mol. The van der Waals surface area contributed by atoms with Crippen LogP contribution in [0.5, 0.6) is 11.5 Å². The van der Waals surface area contributed by atoms with Crippen molar-refractivity contribution in [2.75, 3.05) is 7.11 Å². The minimum Gasteiger partial charge on any atom is -0.506 e. The molecule has 0 unspecified atom stereocenters. The Hall–Kier alpha value is -3.60. The van der Waals surface area contributed by atoms with Crippen LogP contribution >= 0.6 is 0 Å². The highest BCUT2D eigenvalue weighted by Gasteiger charge is 2.14. The van der Waals surface area contributed by atoms with Crippen molar-refractivity contribution in [2.24, 2.45) is 0 Å². The van der Waals surface area contributed by atoms with Crippen LogP contribution in [0.1, 0.15) is 5.56 Å². The van der Waals surface area contributed by atoms with E-state index in [0.717, 1.165) is 11.1 Å². The standard InChI is InChI=1S/C22H18N2O3/c1-27-17-9-5-8-16(10-17)18-11-19-20(12-23-13-21(19)25)24(22(18)26)14-15-6-3-2-4-7-15/h2-13,25H,14H2,1H3. The summed E-state index contributed by atoms with van der Waals surface area (Å²) < 4.78 is 6.93. The minimum atomic E-state index is -0.146. The number of pyridine rings is 2. The number of methoxy groups -OCH3 is 1. The predicted molar refractivity (Wildman–Crippen MR) is 105 cm³/mol. The van der Waals surface area contributed by atoms with Crippen LogP contribution < -0.4 is 10.3 Å². The number of ether oxygens (including phenoxy) is 1. The highest BCUT2D eigenvalue weighted by atomic mass is 16.5. The maximum absolute atomic E-state index is 13.3. The summed E-state index contributed by atoms with van der Waals surface area (Å²) in [4.78, 5) is 17.4. The van der Waals surface area contributed by atoms with Gasteiger partial charge in [0.25, 0.3) is 5.56 Å². The second-order valence-corrected chi connectivity index (χ2v) is 6.26. The van der Waals surface area contributed by atoms with Gasteiger partial charge >= 0.3 is 0 Å². The lowest BCUT2D eigenvalue weighted by Gasteiger charge is -2.14. The topological polar surface area (TPSA) is 64.3 Å². The zero-order valence-electron chi connectivity index (χ0n) is 14.8. The maximum Gasteiger partial charge on any atom is 0.259 e. The van der Waals surface area contributed by atoms with E-state index in [1.807, 2.05) is 54.6 Å². The highest BCUT2D eigenvalue weighted by molar-refractivity contribution is 5.88. The molecule has 0 aliphatic carbocycles. The lowest BCUT2D eigenvalue weighted by Crippen LogP contribution is -2.23. The molecule has 27 heavy (non-hydrogen) atoms. The molecule has 0 saturated carbocycles. The van der Waals surface area contributed by atoms with E-state index in [2.05, 4.69) is 4.98 Å². The molecule has 0 bridgehead atoms. The van der Waals surface area contributed by atoms with Gasteiger partial charge in [0.15, 0.2) is 0 Å². The molecule has 0 amide bonds. The van der Waals surface area contributed by atoms with Gasteiger partial charge in [0.1, 0.15) is 11.5 Å². The smallest absolute Gasteiger partial charge is 0.259 e. The van der Waals surface area contributed by atoms with E-state index in [4.69, 9.17) is 4.74 Å². The normalized spacial score (nSPS) is 10.9. The van der Waals surface area contributed by atoms with Crippen LogP contribution in [0.2, 0.25) is 0 Å². The summed E-state index contributed by atoms with van der Waals surface area (Å²) in [5.41, 5.74) is 2.67. The van der Waals surface area contributed by atoms with Crippen LogP contribution in [0.3, 0.4) is 0 Å². The first kappa shape index (κ1) is 16.8. The lowest BCUT2D eigenvalue weighted by molar-refractivity contribution is 0.415. The summed E-state index contributed by atoms with van der Waals surface area (Å²) in [5, 5.41) is 10.9. The van der Waals surface area contributed by atoms with Crippen molar-refractivity contribution in [3.05, 3.63) is 89.0 Å². The van der Waals surface area contributed by atoms with Crippen LogP contribution in [0.4, 0.5) is 0 Å². The van der Waals surface area contributed by atoms with Crippen LogP contribution in [-0.4, -0.2) is 21.8 Å². The average Bonchev–Trinajstić information content (AvgIpc) is 2.71. The van der Waals surface area contributed by atoms with Gasteiger partial charge in [0, 0.05) is 10.9 Å². The van der Waals surface area contributed by atoms with Crippen molar-refractivity contribution < 1.29 is 9.84 Å². The van der Waals surface area contributed by atoms with E-state index in [1.54, 1.807) is 23.9 Å². The Balaban J connectivity index is 1.99. The first-order valence-corrected chi connectivity index (χ1v) is 8.56. The molecular weight excluding hydrogens is 340 g/mol. The third kappa shape index (κ3) is 3.15. The Kier molecular flexibility index (Phi) is 4.34. The third-order valence-corrected chi connectivity index (χ3v) is 4.56. The lowest BCUT2D eigenvalue weighted by atomic mass is 10.0. The van der Waals surface area contributed by atoms with Gasteiger partial charge in [-0.3, -0.25) is 9.78 Å².